The van der Waals surface area contributed by atoms with Crippen LogP contribution in [-0.2, 0) is 14.3 Å². The maximum absolute atomic E-state index is 13.0. The first-order valence-corrected chi connectivity index (χ1v) is 9.79. The van der Waals surface area contributed by atoms with Gasteiger partial charge in [0.1, 0.15) is 6.04 Å². The molecule has 2 heterocycles. The number of amides is 2. The third-order valence-electron chi connectivity index (χ3n) is 5.10. The zero-order valence-electron chi connectivity index (χ0n) is 17.2. The van der Waals surface area contributed by atoms with Gasteiger partial charge in [-0.3, -0.25) is 14.4 Å². The third-order valence-corrected chi connectivity index (χ3v) is 5.10. The maximum atomic E-state index is 13.0. The molecule has 1 N–H and O–H groups in total. The molecule has 2 amide bonds. The van der Waals surface area contributed by atoms with Crippen LogP contribution in [0.15, 0.2) is 36.7 Å². The zero-order valence-corrected chi connectivity index (χ0v) is 17.2. The summed E-state index contributed by atoms with van der Waals surface area (Å²) in [4.78, 5) is 41.2. The van der Waals surface area contributed by atoms with E-state index in [9.17, 15) is 14.4 Å². The number of methoxy groups -OCH3 is 1. The van der Waals surface area contributed by atoms with Crippen molar-refractivity contribution in [3.8, 4) is 5.69 Å². The summed E-state index contributed by atoms with van der Waals surface area (Å²) >= 11 is 0. The summed E-state index contributed by atoms with van der Waals surface area (Å²) in [6.07, 6.45) is 3.50. The van der Waals surface area contributed by atoms with Gasteiger partial charge in [0.25, 0.3) is 5.91 Å². The Labute approximate surface area is 174 Å². The second-order valence-electron chi connectivity index (χ2n) is 7.16. The second kappa shape index (κ2) is 9.97. The van der Waals surface area contributed by atoms with Crippen molar-refractivity contribution in [1.82, 2.24) is 30.1 Å². The standard InChI is InChI=1S/C20H26N6O4/c1-24-11-13-25(14-12-24)20(29)17(7-8-18(27)30-2)22-19(28)15-3-5-16(6-4-15)26-10-9-21-23-26/h3-6,9-10,17H,7-8,11-14H2,1-2H3,(H,22,28). The predicted octanol–water partition coefficient (Wildman–Crippen LogP) is 0.0929. The van der Waals surface area contributed by atoms with Gasteiger partial charge in [0.05, 0.1) is 25.2 Å². The first-order valence-electron chi connectivity index (χ1n) is 9.79. The lowest BCUT2D eigenvalue weighted by Gasteiger charge is -2.34. The lowest BCUT2D eigenvalue weighted by Crippen LogP contribution is -2.54. The lowest BCUT2D eigenvalue weighted by molar-refractivity contribution is -0.141. The molecular weight excluding hydrogens is 388 g/mol. The number of piperazine rings is 1. The number of nitrogens with zero attached hydrogens (tertiary/aromatic N) is 5. The number of ether oxygens (including phenoxy) is 1. The van der Waals surface area contributed by atoms with Crippen LogP contribution in [0.4, 0.5) is 0 Å². The fourth-order valence-electron chi connectivity index (χ4n) is 3.22. The number of esters is 1. The summed E-state index contributed by atoms with van der Waals surface area (Å²) < 4.78 is 6.26. The Balaban J connectivity index is 1.68. The van der Waals surface area contributed by atoms with Crippen molar-refractivity contribution in [2.24, 2.45) is 0 Å². The topological polar surface area (TPSA) is 110 Å². The summed E-state index contributed by atoms with van der Waals surface area (Å²) in [6, 6.07) is 6.01. The molecule has 0 saturated carbocycles. The molecule has 10 heteroatoms. The SMILES string of the molecule is COC(=O)CCC(NC(=O)c1ccc(-n2ccnn2)cc1)C(=O)N1CCN(C)CC1. The molecule has 1 aromatic heterocycles. The molecule has 0 spiro atoms. The minimum absolute atomic E-state index is 0.0478. The van der Waals surface area contributed by atoms with E-state index in [0.717, 1.165) is 18.8 Å². The first-order chi connectivity index (χ1) is 14.5. The van der Waals surface area contributed by atoms with Gasteiger partial charge in [0, 0.05) is 38.2 Å². The van der Waals surface area contributed by atoms with Crippen LogP contribution in [0, 0.1) is 0 Å². The fraction of sp³-hybridized carbons (Fsp3) is 0.450. The molecule has 0 radical (unpaired) electrons. The van der Waals surface area contributed by atoms with E-state index >= 15 is 0 Å². The van der Waals surface area contributed by atoms with E-state index in [1.54, 1.807) is 46.2 Å². The highest BCUT2D eigenvalue weighted by atomic mass is 16.5. The van der Waals surface area contributed by atoms with Crippen LogP contribution in [-0.4, -0.2) is 89.0 Å². The maximum Gasteiger partial charge on any atom is 0.305 e. The molecule has 1 atom stereocenters. The quantitative estimate of drug-likeness (QED) is 0.640. The number of carbonyl (C=O) groups is 3. The molecule has 0 bridgehead atoms. The molecule has 2 aromatic rings. The normalized spacial score (nSPS) is 15.5. The zero-order chi connectivity index (χ0) is 21.5. The minimum atomic E-state index is -0.796. The van der Waals surface area contributed by atoms with Crippen LogP contribution in [0.2, 0.25) is 0 Å². The van der Waals surface area contributed by atoms with E-state index in [1.807, 2.05) is 7.05 Å². The van der Waals surface area contributed by atoms with E-state index in [1.165, 1.54) is 7.11 Å². The van der Waals surface area contributed by atoms with Gasteiger partial charge >= 0.3 is 5.97 Å². The molecule has 10 nitrogen and oxygen atoms in total. The number of hydrogen-bond donors (Lipinski definition) is 1. The smallest absolute Gasteiger partial charge is 0.305 e. The second-order valence-corrected chi connectivity index (χ2v) is 7.16. The summed E-state index contributed by atoms with van der Waals surface area (Å²) in [7, 11) is 3.30. The van der Waals surface area contributed by atoms with Crippen LogP contribution in [0.5, 0.6) is 0 Å². The Morgan fingerprint density at radius 3 is 2.43 bits per heavy atom. The largest absolute Gasteiger partial charge is 0.469 e. The molecule has 3 rings (SSSR count). The van der Waals surface area contributed by atoms with Crippen molar-refractivity contribution in [2.75, 3.05) is 40.3 Å². The van der Waals surface area contributed by atoms with Gasteiger partial charge in [-0.15, -0.1) is 5.10 Å². The van der Waals surface area contributed by atoms with Crippen LogP contribution in [0.25, 0.3) is 5.69 Å². The average molecular weight is 414 g/mol. The molecule has 1 fully saturated rings. The summed E-state index contributed by atoms with van der Waals surface area (Å²) in [5.74, 6) is -0.977. The Morgan fingerprint density at radius 2 is 1.83 bits per heavy atom. The van der Waals surface area contributed by atoms with E-state index in [2.05, 4.69) is 25.3 Å². The van der Waals surface area contributed by atoms with Gasteiger partial charge in [-0.05, 0) is 37.7 Å². The van der Waals surface area contributed by atoms with Crippen molar-refractivity contribution >= 4 is 17.8 Å². The monoisotopic (exact) mass is 414 g/mol. The van der Waals surface area contributed by atoms with Gasteiger partial charge in [0.2, 0.25) is 5.91 Å². The van der Waals surface area contributed by atoms with Crippen molar-refractivity contribution in [3.05, 3.63) is 42.2 Å². The van der Waals surface area contributed by atoms with Crippen molar-refractivity contribution in [3.63, 3.8) is 0 Å². The van der Waals surface area contributed by atoms with E-state index in [-0.39, 0.29) is 24.7 Å². The first kappa shape index (κ1) is 21.4. The molecule has 1 aromatic carbocycles. The summed E-state index contributed by atoms with van der Waals surface area (Å²) in [5, 5.41) is 10.5. The van der Waals surface area contributed by atoms with E-state index in [4.69, 9.17) is 0 Å². The highest BCUT2D eigenvalue weighted by molar-refractivity contribution is 5.97. The molecule has 1 aliphatic heterocycles. The van der Waals surface area contributed by atoms with E-state index in [0.29, 0.717) is 18.7 Å². The molecule has 0 aliphatic carbocycles. The minimum Gasteiger partial charge on any atom is -0.469 e. The molecule has 1 aliphatic rings. The third kappa shape index (κ3) is 5.41. The highest BCUT2D eigenvalue weighted by Crippen LogP contribution is 2.11. The fourth-order valence-corrected chi connectivity index (χ4v) is 3.22. The molecule has 30 heavy (non-hydrogen) atoms. The number of likely N-dealkylation sites (N-methyl/N-ethyl adjacent to an activating group) is 1. The summed E-state index contributed by atoms with van der Waals surface area (Å²) in [6.45, 7) is 2.72. The highest BCUT2D eigenvalue weighted by Gasteiger charge is 2.28. The number of benzene rings is 1. The Kier molecular flexibility index (Phi) is 7.12. The Morgan fingerprint density at radius 1 is 1.13 bits per heavy atom. The number of hydrogen-bond acceptors (Lipinski definition) is 7. The van der Waals surface area contributed by atoms with Crippen molar-refractivity contribution in [2.45, 2.75) is 18.9 Å². The molecule has 160 valence electrons. The Bertz CT molecular complexity index is 860. The van der Waals surface area contributed by atoms with Gasteiger partial charge in [-0.2, -0.15) is 0 Å². The number of nitrogens with one attached hydrogen (secondary N) is 1. The lowest BCUT2D eigenvalue weighted by atomic mass is 10.1. The predicted molar refractivity (Wildman–Crippen MR) is 108 cm³/mol. The van der Waals surface area contributed by atoms with Gasteiger partial charge in [0.15, 0.2) is 0 Å². The molecule has 1 unspecified atom stereocenters. The van der Waals surface area contributed by atoms with Crippen LogP contribution in [0.3, 0.4) is 0 Å². The van der Waals surface area contributed by atoms with E-state index < -0.39 is 12.0 Å². The van der Waals surface area contributed by atoms with Crippen molar-refractivity contribution < 1.29 is 19.1 Å². The van der Waals surface area contributed by atoms with Crippen LogP contribution < -0.4 is 5.32 Å². The number of aromatic nitrogens is 3. The molecule has 1 saturated heterocycles. The Hall–Kier alpha value is -3.27. The summed E-state index contributed by atoms with van der Waals surface area (Å²) in [5.41, 5.74) is 1.17. The number of rotatable bonds is 7. The van der Waals surface area contributed by atoms with Crippen LogP contribution >= 0.6 is 0 Å². The van der Waals surface area contributed by atoms with Gasteiger partial charge in [-0.25, -0.2) is 4.68 Å². The van der Waals surface area contributed by atoms with Crippen molar-refractivity contribution in [1.29, 1.82) is 0 Å². The van der Waals surface area contributed by atoms with Gasteiger partial charge < -0.3 is 19.9 Å². The number of carbonyl (C=O) groups excluding carboxylic acids is 3. The van der Waals surface area contributed by atoms with Crippen LogP contribution in [0.1, 0.15) is 23.2 Å². The van der Waals surface area contributed by atoms with Gasteiger partial charge in [-0.1, -0.05) is 5.21 Å². The average Bonchev–Trinajstić information content (AvgIpc) is 3.31. The molecular formula is C20H26N6O4.